The number of ether oxygens (including phenoxy) is 2. The Morgan fingerprint density at radius 1 is 1.08 bits per heavy atom. The van der Waals surface area contributed by atoms with E-state index in [0.29, 0.717) is 12.6 Å². The largest absolute Gasteiger partial charge is 0.373 e. The second kappa shape index (κ2) is 7.38. The molecule has 1 aliphatic heterocycles. The van der Waals surface area contributed by atoms with E-state index < -0.39 is 0 Å². The number of pyridine rings is 2. The molecule has 0 bridgehead atoms. The smallest absolute Gasteiger partial charge is 0.0992 e. The predicted octanol–water partition coefficient (Wildman–Crippen LogP) is 2.43. The lowest BCUT2D eigenvalue weighted by Gasteiger charge is -2.39. The van der Waals surface area contributed by atoms with Crippen LogP contribution in [0.2, 0.25) is 0 Å². The Bertz CT molecular complexity index is 638. The van der Waals surface area contributed by atoms with Crippen LogP contribution in [0.5, 0.6) is 0 Å². The SMILES string of the molecule is c1cncc(CO[C@@H]2CC[C@H]3[C@H]2OCCN3Cc2cccnc2)c1. The van der Waals surface area contributed by atoms with E-state index in [2.05, 4.69) is 27.0 Å². The molecule has 3 heterocycles. The van der Waals surface area contributed by atoms with Crippen LogP contribution in [0.3, 0.4) is 0 Å². The number of morpholine rings is 1. The van der Waals surface area contributed by atoms with E-state index in [1.54, 1.807) is 6.20 Å². The average molecular weight is 325 g/mol. The zero-order valence-corrected chi connectivity index (χ0v) is 13.8. The molecular formula is C19H23N3O2. The first-order valence-electron chi connectivity index (χ1n) is 8.65. The molecular weight excluding hydrogens is 302 g/mol. The summed E-state index contributed by atoms with van der Waals surface area (Å²) in [6.45, 7) is 3.29. The Kier molecular flexibility index (Phi) is 4.83. The monoisotopic (exact) mass is 325 g/mol. The molecule has 1 aliphatic carbocycles. The number of hydrogen-bond acceptors (Lipinski definition) is 5. The average Bonchev–Trinajstić information content (AvgIpc) is 3.06. The lowest BCUT2D eigenvalue weighted by Crippen LogP contribution is -2.51. The van der Waals surface area contributed by atoms with E-state index in [9.17, 15) is 0 Å². The molecule has 2 aromatic rings. The van der Waals surface area contributed by atoms with Crippen molar-refractivity contribution < 1.29 is 9.47 Å². The molecule has 1 saturated carbocycles. The van der Waals surface area contributed by atoms with E-state index >= 15 is 0 Å². The van der Waals surface area contributed by atoms with Crippen molar-refractivity contribution in [3.63, 3.8) is 0 Å². The molecule has 0 N–H and O–H groups in total. The summed E-state index contributed by atoms with van der Waals surface area (Å²) in [5.41, 5.74) is 2.38. The molecule has 24 heavy (non-hydrogen) atoms. The zero-order chi connectivity index (χ0) is 16.2. The van der Waals surface area contributed by atoms with E-state index in [1.165, 1.54) is 5.56 Å². The maximum absolute atomic E-state index is 6.15. The van der Waals surface area contributed by atoms with Gasteiger partial charge in [0.2, 0.25) is 0 Å². The van der Waals surface area contributed by atoms with Crippen LogP contribution in [0.1, 0.15) is 24.0 Å². The molecule has 2 aliphatic rings. The van der Waals surface area contributed by atoms with Crippen molar-refractivity contribution >= 4 is 0 Å². The highest BCUT2D eigenvalue weighted by molar-refractivity contribution is 5.10. The van der Waals surface area contributed by atoms with Gasteiger partial charge in [0, 0.05) is 43.9 Å². The molecule has 2 fully saturated rings. The highest BCUT2D eigenvalue weighted by Gasteiger charge is 2.43. The van der Waals surface area contributed by atoms with E-state index in [-0.39, 0.29) is 12.2 Å². The molecule has 4 rings (SSSR count). The Balaban J connectivity index is 1.37. The number of hydrogen-bond donors (Lipinski definition) is 0. The van der Waals surface area contributed by atoms with Crippen LogP contribution >= 0.6 is 0 Å². The van der Waals surface area contributed by atoms with Gasteiger partial charge in [-0.2, -0.15) is 0 Å². The lowest BCUT2D eigenvalue weighted by atomic mass is 10.1. The summed E-state index contributed by atoms with van der Waals surface area (Å²) in [6.07, 6.45) is 9.96. The maximum atomic E-state index is 6.15. The number of fused-ring (bicyclic) bond motifs is 1. The zero-order valence-electron chi connectivity index (χ0n) is 13.8. The van der Waals surface area contributed by atoms with Crippen LogP contribution in [0.15, 0.2) is 49.1 Å². The van der Waals surface area contributed by atoms with Gasteiger partial charge in [0.15, 0.2) is 0 Å². The van der Waals surface area contributed by atoms with Gasteiger partial charge in [-0.1, -0.05) is 12.1 Å². The number of rotatable bonds is 5. The third-order valence-corrected chi connectivity index (χ3v) is 4.95. The van der Waals surface area contributed by atoms with Crippen LogP contribution in [0.4, 0.5) is 0 Å². The molecule has 3 atom stereocenters. The summed E-state index contributed by atoms with van der Waals surface area (Å²) in [4.78, 5) is 10.9. The molecule has 126 valence electrons. The number of nitrogens with zero attached hydrogens (tertiary/aromatic N) is 3. The van der Waals surface area contributed by atoms with Crippen LogP contribution in [0, 0.1) is 0 Å². The summed E-state index contributed by atoms with van der Waals surface area (Å²) >= 11 is 0. The van der Waals surface area contributed by atoms with Crippen LogP contribution < -0.4 is 0 Å². The lowest BCUT2D eigenvalue weighted by molar-refractivity contribution is -0.118. The topological polar surface area (TPSA) is 47.5 Å². The first-order chi connectivity index (χ1) is 11.9. The molecule has 2 aromatic heterocycles. The molecule has 0 unspecified atom stereocenters. The van der Waals surface area contributed by atoms with Crippen molar-refractivity contribution in [1.82, 2.24) is 14.9 Å². The highest BCUT2D eigenvalue weighted by atomic mass is 16.5. The Hall–Kier alpha value is -1.82. The van der Waals surface area contributed by atoms with Gasteiger partial charge in [0.1, 0.15) is 0 Å². The van der Waals surface area contributed by atoms with Gasteiger partial charge in [0.05, 0.1) is 25.4 Å². The Labute approximate surface area is 142 Å². The van der Waals surface area contributed by atoms with E-state index in [4.69, 9.17) is 9.47 Å². The first kappa shape index (κ1) is 15.7. The van der Waals surface area contributed by atoms with Crippen molar-refractivity contribution in [3.8, 4) is 0 Å². The summed E-state index contributed by atoms with van der Waals surface area (Å²) in [5.74, 6) is 0. The summed E-state index contributed by atoms with van der Waals surface area (Å²) in [5, 5.41) is 0. The molecule has 1 saturated heterocycles. The number of aromatic nitrogens is 2. The molecule has 0 radical (unpaired) electrons. The van der Waals surface area contributed by atoms with Crippen molar-refractivity contribution in [2.45, 2.75) is 44.2 Å². The minimum atomic E-state index is 0.173. The summed E-state index contributed by atoms with van der Waals surface area (Å²) < 4.78 is 12.2. The first-order valence-corrected chi connectivity index (χ1v) is 8.65. The second-order valence-electron chi connectivity index (χ2n) is 6.52. The quantitative estimate of drug-likeness (QED) is 0.845. The predicted molar refractivity (Wildman–Crippen MR) is 90.2 cm³/mol. The molecule has 5 nitrogen and oxygen atoms in total. The van der Waals surface area contributed by atoms with Crippen molar-refractivity contribution in [2.75, 3.05) is 13.2 Å². The second-order valence-corrected chi connectivity index (χ2v) is 6.52. The Morgan fingerprint density at radius 2 is 1.88 bits per heavy atom. The van der Waals surface area contributed by atoms with Crippen molar-refractivity contribution in [1.29, 1.82) is 0 Å². The molecule has 0 spiro atoms. The van der Waals surface area contributed by atoms with Gasteiger partial charge in [-0.3, -0.25) is 14.9 Å². The fourth-order valence-electron chi connectivity index (χ4n) is 3.78. The molecule has 0 aromatic carbocycles. The Morgan fingerprint density at radius 3 is 2.62 bits per heavy atom. The fourth-order valence-corrected chi connectivity index (χ4v) is 3.78. The maximum Gasteiger partial charge on any atom is 0.0992 e. The van der Waals surface area contributed by atoms with Gasteiger partial charge < -0.3 is 9.47 Å². The minimum Gasteiger partial charge on any atom is -0.373 e. The van der Waals surface area contributed by atoms with E-state index in [1.807, 2.05) is 30.7 Å². The van der Waals surface area contributed by atoms with Crippen LogP contribution in [-0.4, -0.2) is 46.3 Å². The van der Waals surface area contributed by atoms with E-state index in [0.717, 1.165) is 38.1 Å². The molecule has 5 heteroatoms. The fraction of sp³-hybridized carbons (Fsp3) is 0.474. The van der Waals surface area contributed by atoms with Crippen molar-refractivity contribution in [2.24, 2.45) is 0 Å². The third kappa shape index (κ3) is 3.48. The van der Waals surface area contributed by atoms with Crippen LogP contribution in [0.25, 0.3) is 0 Å². The van der Waals surface area contributed by atoms with Gasteiger partial charge >= 0.3 is 0 Å². The van der Waals surface area contributed by atoms with Crippen LogP contribution in [-0.2, 0) is 22.6 Å². The normalized spacial score (nSPS) is 27.1. The van der Waals surface area contributed by atoms with Gasteiger partial charge in [-0.05, 0) is 36.1 Å². The van der Waals surface area contributed by atoms with Gasteiger partial charge in [-0.15, -0.1) is 0 Å². The molecule has 0 amide bonds. The van der Waals surface area contributed by atoms with Crippen molar-refractivity contribution in [3.05, 3.63) is 60.2 Å². The summed E-state index contributed by atoms with van der Waals surface area (Å²) in [6, 6.07) is 8.58. The van der Waals surface area contributed by atoms with Gasteiger partial charge in [-0.25, -0.2) is 0 Å². The minimum absolute atomic E-state index is 0.173. The van der Waals surface area contributed by atoms with Gasteiger partial charge in [0.25, 0.3) is 0 Å². The standard InChI is InChI=1S/C19H23N3O2/c1-3-15(11-20-7-1)13-22-9-10-23-19-17(22)5-6-18(19)24-14-16-4-2-8-21-12-16/h1-4,7-8,11-12,17-19H,5-6,9-10,13-14H2/t17-,18+,19+/m0/s1. The summed E-state index contributed by atoms with van der Waals surface area (Å²) in [7, 11) is 0. The third-order valence-electron chi connectivity index (χ3n) is 4.95. The highest BCUT2D eigenvalue weighted by Crippen LogP contribution is 2.33.